The van der Waals surface area contributed by atoms with E-state index in [9.17, 15) is 4.79 Å². The lowest BCUT2D eigenvalue weighted by Crippen LogP contribution is -2.18. The minimum absolute atomic E-state index is 0.134. The number of aromatic nitrogens is 3. The maximum absolute atomic E-state index is 12.4. The highest BCUT2D eigenvalue weighted by molar-refractivity contribution is 7.15. The van der Waals surface area contributed by atoms with Gasteiger partial charge in [-0.15, -0.1) is 10.2 Å². The summed E-state index contributed by atoms with van der Waals surface area (Å²) >= 11 is 1.40. The highest BCUT2D eigenvalue weighted by Gasteiger charge is 2.11. The minimum atomic E-state index is -0.134. The molecule has 0 unspecified atom stereocenters. The molecule has 4 rings (SSSR count). The first kappa shape index (κ1) is 17.2. The monoisotopic (exact) mass is 378 g/mol. The number of anilines is 1. The van der Waals surface area contributed by atoms with Crippen molar-refractivity contribution < 1.29 is 9.53 Å². The fraction of sp³-hybridized carbons (Fsp3) is 0.150. The molecule has 0 aliphatic carbocycles. The molecule has 0 fully saturated rings. The lowest BCUT2D eigenvalue weighted by molar-refractivity contribution is -0.116. The van der Waals surface area contributed by atoms with Crippen LogP contribution < -0.4 is 10.1 Å². The van der Waals surface area contributed by atoms with Crippen molar-refractivity contribution in [1.82, 2.24) is 14.8 Å². The van der Waals surface area contributed by atoms with E-state index in [1.54, 1.807) is 7.11 Å². The molecule has 7 heteroatoms. The van der Waals surface area contributed by atoms with E-state index in [0.717, 1.165) is 21.7 Å². The van der Waals surface area contributed by atoms with Crippen molar-refractivity contribution >= 4 is 33.3 Å². The molecule has 1 N–H and O–H groups in total. The molecular formula is C20H18N4O2S. The average Bonchev–Trinajstić information content (AvgIpc) is 3.29. The molecule has 27 heavy (non-hydrogen) atoms. The molecule has 0 spiro atoms. The van der Waals surface area contributed by atoms with Crippen LogP contribution in [-0.4, -0.2) is 27.8 Å². The summed E-state index contributed by atoms with van der Waals surface area (Å²) < 4.78 is 7.13. The highest BCUT2D eigenvalue weighted by Crippen LogP contribution is 2.22. The zero-order valence-electron chi connectivity index (χ0n) is 14.8. The van der Waals surface area contributed by atoms with Crippen LogP contribution in [0.2, 0.25) is 0 Å². The van der Waals surface area contributed by atoms with Crippen LogP contribution in [-0.2, 0) is 17.8 Å². The molecule has 2 heterocycles. The summed E-state index contributed by atoms with van der Waals surface area (Å²) in [6.07, 6.45) is 2.60. The molecule has 1 amide bonds. The summed E-state index contributed by atoms with van der Waals surface area (Å²) in [4.78, 5) is 12.4. The SMILES string of the molecule is COc1ccc2c(ccn2CC(=O)Nc2nnc(Cc3ccccc3)s2)c1. The van der Waals surface area contributed by atoms with Gasteiger partial charge in [0.05, 0.1) is 7.11 Å². The largest absolute Gasteiger partial charge is 0.497 e. The third kappa shape index (κ3) is 3.98. The number of carbonyl (C=O) groups excluding carboxylic acids is 1. The third-order valence-electron chi connectivity index (χ3n) is 4.20. The number of benzene rings is 2. The summed E-state index contributed by atoms with van der Waals surface area (Å²) in [5, 5.41) is 13.5. The van der Waals surface area contributed by atoms with Crippen LogP contribution in [0.15, 0.2) is 60.8 Å². The van der Waals surface area contributed by atoms with Gasteiger partial charge in [-0.05, 0) is 29.8 Å². The maximum atomic E-state index is 12.4. The van der Waals surface area contributed by atoms with Gasteiger partial charge < -0.3 is 9.30 Å². The van der Waals surface area contributed by atoms with Crippen LogP contribution >= 0.6 is 11.3 Å². The Morgan fingerprint density at radius 2 is 2.00 bits per heavy atom. The van der Waals surface area contributed by atoms with Gasteiger partial charge in [-0.2, -0.15) is 0 Å². The molecule has 0 saturated carbocycles. The number of ether oxygens (including phenoxy) is 1. The molecule has 4 aromatic rings. The molecule has 0 saturated heterocycles. The van der Waals surface area contributed by atoms with Gasteiger partial charge >= 0.3 is 0 Å². The number of carbonyl (C=O) groups is 1. The number of nitrogens with zero attached hydrogens (tertiary/aromatic N) is 3. The summed E-state index contributed by atoms with van der Waals surface area (Å²) in [7, 11) is 1.64. The van der Waals surface area contributed by atoms with E-state index in [1.165, 1.54) is 16.9 Å². The van der Waals surface area contributed by atoms with E-state index >= 15 is 0 Å². The zero-order valence-corrected chi connectivity index (χ0v) is 15.6. The molecule has 2 aromatic carbocycles. The van der Waals surface area contributed by atoms with Crippen molar-refractivity contribution in [2.45, 2.75) is 13.0 Å². The maximum Gasteiger partial charge on any atom is 0.246 e. The van der Waals surface area contributed by atoms with Gasteiger partial charge in [0.15, 0.2) is 0 Å². The number of nitrogens with one attached hydrogen (secondary N) is 1. The van der Waals surface area contributed by atoms with Gasteiger partial charge in [-0.1, -0.05) is 41.7 Å². The molecule has 0 radical (unpaired) electrons. The fourth-order valence-electron chi connectivity index (χ4n) is 2.90. The summed E-state index contributed by atoms with van der Waals surface area (Å²) in [5.41, 5.74) is 2.15. The minimum Gasteiger partial charge on any atom is -0.497 e. The van der Waals surface area contributed by atoms with E-state index in [0.29, 0.717) is 11.6 Å². The fourth-order valence-corrected chi connectivity index (χ4v) is 3.69. The lowest BCUT2D eigenvalue weighted by atomic mass is 10.2. The third-order valence-corrected chi connectivity index (χ3v) is 5.04. The molecular weight excluding hydrogens is 360 g/mol. The Bertz CT molecular complexity index is 1070. The Morgan fingerprint density at radius 3 is 2.81 bits per heavy atom. The molecule has 2 aromatic heterocycles. The quantitative estimate of drug-likeness (QED) is 0.555. The van der Waals surface area contributed by atoms with Crippen LogP contribution in [0.3, 0.4) is 0 Å². The van der Waals surface area contributed by atoms with Crippen LogP contribution in [0.25, 0.3) is 10.9 Å². The normalized spacial score (nSPS) is 10.9. The number of hydrogen-bond acceptors (Lipinski definition) is 5. The van der Waals surface area contributed by atoms with Gasteiger partial charge in [0, 0.05) is 23.5 Å². The molecule has 136 valence electrons. The van der Waals surface area contributed by atoms with Crippen LogP contribution in [0.5, 0.6) is 5.75 Å². The summed E-state index contributed by atoms with van der Waals surface area (Å²) in [6.45, 7) is 0.212. The van der Waals surface area contributed by atoms with Gasteiger partial charge in [-0.3, -0.25) is 10.1 Å². The molecule has 0 atom stereocenters. The lowest BCUT2D eigenvalue weighted by Gasteiger charge is -2.06. The van der Waals surface area contributed by atoms with Crippen molar-refractivity contribution in [2.75, 3.05) is 12.4 Å². The first-order valence-corrected chi connectivity index (χ1v) is 9.32. The highest BCUT2D eigenvalue weighted by atomic mass is 32.1. The molecule has 0 bridgehead atoms. The van der Waals surface area contributed by atoms with E-state index in [2.05, 4.69) is 15.5 Å². The van der Waals surface area contributed by atoms with E-state index in [-0.39, 0.29) is 12.5 Å². The standard InChI is InChI=1S/C20H18N4O2S/c1-26-16-7-8-17-15(12-16)9-10-24(17)13-18(25)21-20-23-22-19(27-20)11-14-5-3-2-4-6-14/h2-10,12H,11,13H2,1H3,(H,21,23,25). The Labute approximate surface area is 160 Å². The van der Waals surface area contributed by atoms with E-state index < -0.39 is 0 Å². The van der Waals surface area contributed by atoms with Gasteiger partial charge in [0.1, 0.15) is 17.3 Å². The smallest absolute Gasteiger partial charge is 0.246 e. The van der Waals surface area contributed by atoms with Gasteiger partial charge in [0.2, 0.25) is 11.0 Å². The average molecular weight is 378 g/mol. The predicted octanol–water partition coefficient (Wildman–Crippen LogP) is 3.73. The number of rotatable bonds is 6. The van der Waals surface area contributed by atoms with Crippen LogP contribution in [0, 0.1) is 0 Å². The Balaban J connectivity index is 1.41. The number of hydrogen-bond donors (Lipinski definition) is 1. The second-order valence-corrected chi connectivity index (χ2v) is 7.14. The van der Waals surface area contributed by atoms with E-state index in [1.807, 2.05) is 65.4 Å². The van der Waals surface area contributed by atoms with Crippen LogP contribution in [0.4, 0.5) is 5.13 Å². The van der Waals surface area contributed by atoms with Crippen molar-refractivity contribution in [1.29, 1.82) is 0 Å². The summed E-state index contributed by atoms with van der Waals surface area (Å²) in [5.74, 6) is 0.662. The molecule has 0 aliphatic rings. The second-order valence-electron chi connectivity index (χ2n) is 6.08. The van der Waals surface area contributed by atoms with Gasteiger partial charge in [-0.25, -0.2) is 0 Å². The first-order valence-electron chi connectivity index (χ1n) is 8.50. The Kier molecular flexibility index (Phi) is 4.84. The van der Waals surface area contributed by atoms with Gasteiger partial charge in [0.25, 0.3) is 0 Å². The molecule has 6 nitrogen and oxygen atoms in total. The summed E-state index contributed by atoms with van der Waals surface area (Å²) in [6, 6.07) is 17.8. The second kappa shape index (κ2) is 7.59. The van der Waals surface area contributed by atoms with Crippen molar-refractivity contribution in [3.63, 3.8) is 0 Å². The topological polar surface area (TPSA) is 69.0 Å². The Hall–Kier alpha value is -3.19. The number of fused-ring (bicyclic) bond motifs is 1. The number of amides is 1. The van der Waals surface area contributed by atoms with Crippen molar-refractivity contribution in [2.24, 2.45) is 0 Å². The Morgan fingerprint density at radius 1 is 1.15 bits per heavy atom. The predicted molar refractivity (Wildman–Crippen MR) is 106 cm³/mol. The van der Waals surface area contributed by atoms with Crippen LogP contribution in [0.1, 0.15) is 10.6 Å². The first-order chi connectivity index (χ1) is 13.2. The zero-order chi connectivity index (χ0) is 18.6. The van der Waals surface area contributed by atoms with Crippen molar-refractivity contribution in [3.05, 3.63) is 71.4 Å². The number of methoxy groups -OCH3 is 1. The van der Waals surface area contributed by atoms with Crippen molar-refractivity contribution in [3.8, 4) is 5.75 Å². The van der Waals surface area contributed by atoms with E-state index in [4.69, 9.17) is 4.74 Å². The molecule has 0 aliphatic heterocycles.